The lowest BCUT2D eigenvalue weighted by Crippen LogP contribution is -2.26. The van der Waals surface area contributed by atoms with Gasteiger partial charge in [-0.25, -0.2) is 8.42 Å². The second kappa shape index (κ2) is 6.69. The van der Waals surface area contributed by atoms with Gasteiger partial charge >= 0.3 is 0 Å². The highest BCUT2D eigenvalue weighted by atomic mass is 32.2. The summed E-state index contributed by atoms with van der Waals surface area (Å²) in [6, 6.07) is 20.2. The van der Waals surface area contributed by atoms with Crippen molar-refractivity contribution in [1.29, 1.82) is 0 Å². The smallest absolute Gasteiger partial charge is 0.253 e. The Labute approximate surface area is 147 Å². The van der Waals surface area contributed by atoms with Gasteiger partial charge in [0, 0.05) is 25.4 Å². The van der Waals surface area contributed by atoms with Crippen LogP contribution in [0.1, 0.15) is 15.9 Å². The first-order valence-corrected chi connectivity index (χ1v) is 9.77. The van der Waals surface area contributed by atoms with E-state index in [2.05, 4.69) is 0 Å². The molecule has 0 aromatic heterocycles. The van der Waals surface area contributed by atoms with Gasteiger partial charge in [-0.2, -0.15) is 0 Å². The number of fused-ring (bicyclic) bond motifs is 1. The zero-order valence-electron chi connectivity index (χ0n) is 14.1. The van der Waals surface area contributed by atoms with Crippen LogP contribution in [0.15, 0.2) is 71.6 Å². The lowest BCUT2D eigenvalue weighted by Gasteiger charge is -2.19. The van der Waals surface area contributed by atoms with Crippen LogP contribution < -0.4 is 0 Å². The van der Waals surface area contributed by atoms with Crippen LogP contribution in [0.25, 0.3) is 10.8 Å². The molecule has 0 bridgehead atoms. The molecule has 4 nitrogen and oxygen atoms in total. The Hall–Kier alpha value is -2.66. The fourth-order valence-electron chi connectivity index (χ4n) is 2.84. The number of amides is 1. The van der Waals surface area contributed by atoms with E-state index >= 15 is 0 Å². The predicted octanol–water partition coefficient (Wildman–Crippen LogP) is 3.52. The summed E-state index contributed by atoms with van der Waals surface area (Å²) in [5.41, 5.74) is 1.42. The lowest BCUT2D eigenvalue weighted by molar-refractivity contribution is 0.0785. The van der Waals surface area contributed by atoms with Crippen molar-refractivity contribution in [3.63, 3.8) is 0 Å². The van der Waals surface area contributed by atoms with Crippen molar-refractivity contribution in [2.24, 2.45) is 0 Å². The summed E-state index contributed by atoms with van der Waals surface area (Å²) in [4.78, 5) is 14.4. The summed E-state index contributed by atoms with van der Waals surface area (Å²) in [5.74, 6) is -0.210. The molecule has 0 heterocycles. The Bertz CT molecular complexity index is 1040. The molecular weight excluding hydrogens is 334 g/mol. The van der Waals surface area contributed by atoms with Gasteiger partial charge in [0.2, 0.25) is 0 Å². The first-order valence-electron chi connectivity index (χ1n) is 7.88. The van der Waals surface area contributed by atoms with Gasteiger partial charge in [0.05, 0.1) is 4.90 Å². The Morgan fingerprint density at radius 2 is 1.64 bits per heavy atom. The van der Waals surface area contributed by atoms with E-state index in [0.29, 0.717) is 12.1 Å². The van der Waals surface area contributed by atoms with Crippen LogP contribution in [0.2, 0.25) is 0 Å². The maximum absolute atomic E-state index is 12.7. The zero-order valence-corrected chi connectivity index (χ0v) is 15.0. The third-order valence-electron chi connectivity index (χ3n) is 4.14. The Kier molecular flexibility index (Phi) is 4.59. The molecule has 1 amide bonds. The van der Waals surface area contributed by atoms with E-state index in [4.69, 9.17) is 0 Å². The Morgan fingerprint density at radius 3 is 2.40 bits per heavy atom. The second-order valence-electron chi connectivity index (χ2n) is 6.10. The number of benzene rings is 3. The van der Waals surface area contributed by atoms with Gasteiger partial charge < -0.3 is 4.90 Å². The van der Waals surface area contributed by atoms with Crippen LogP contribution in [0.3, 0.4) is 0 Å². The molecule has 0 fully saturated rings. The standard InChI is InChI=1S/C20H19NO3S/c1-21(14-17-10-5-8-15-7-3-4-12-19(15)17)20(22)16-9-6-11-18(13-16)25(2,23)24/h3-13H,14H2,1-2H3. The molecule has 0 unspecified atom stereocenters. The number of hydrogen-bond donors (Lipinski definition) is 0. The van der Waals surface area contributed by atoms with Gasteiger partial charge in [0.25, 0.3) is 5.91 Å². The van der Waals surface area contributed by atoms with Gasteiger partial charge in [0.15, 0.2) is 9.84 Å². The third-order valence-corrected chi connectivity index (χ3v) is 5.25. The number of nitrogens with zero attached hydrogens (tertiary/aromatic N) is 1. The molecule has 0 aliphatic rings. The summed E-state index contributed by atoms with van der Waals surface area (Å²) >= 11 is 0. The van der Waals surface area contributed by atoms with Crippen LogP contribution in [0.5, 0.6) is 0 Å². The minimum Gasteiger partial charge on any atom is -0.337 e. The molecule has 0 radical (unpaired) electrons. The quantitative estimate of drug-likeness (QED) is 0.721. The zero-order chi connectivity index (χ0) is 18.0. The van der Waals surface area contributed by atoms with Crippen molar-refractivity contribution in [2.75, 3.05) is 13.3 Å². The molecule has 25 heavy (non-hydrogen) atoms. The highest BCUT2D eigenvalue weighted by molar-refractivity contribution is 7.90. The molecule has 0 atom stereocenters. The van der Waals surface area contributed by atoms with E-state index < -0.39 is 9.84 Å². The molecule has 128 valence electrons. The molecule has 0 N–H and O–H groups in total. The normalized spacial score (nSPS) is 11.4. The molecule has 0 aliphatic carbocycles. The van der Waals surface area contributed by atoms with Gasteiger partial charge in [-0.3, -0.25) is 4.79 Å². The molecule has 5 heteroatoms. The van der Waals surface area contributed by atoms with E-state index in [1.807, 2.05) is 42.5 Å². The number of sulfone groups is 1. The maximum atomic E-state index is 12.7. The number of carbonyl (C=O) groups is 1. The van der Waals surface area contributed by atoms with Gasteiger partial charge in [-0.05, 0) is 34.5 Å². The van der Waals surface area contributed by atoms with Crippen LogP contribution >= 0.6 is 0 Å². The molecule has 0 saturated heterocycles. The Balaban J connectivity index is 1.88. The SMILES string of the molecule is CN(Cc1cccc2ccccc12)C(=O)c1cccc(S(C)(=O)=O)c1. The fraction of sp³-hybridized carbons (Fsp3) is 0.150. The van der Waals surface area contributed by atoms with E-state index in [0.717, 1.165) is 22.6 Å². The van der Waals surface area contributed by atoms with E-state index in [1.54, 1.807) is 24.1 Å². The van der Waals surface area contributed by atoms with E-state index in [9.17, 15) is 13.2 Å². The molecular formula is C20H19NO3S. The Morgan fingerprint density at radius 1 is 0.960 bits per heavy atom. The summed E-state index contributed by atoms with van der Waals surface area (Å²) < 4.78 is 23.4. The monoisotopic (exact) mass is 353 g/mol. The highest BCUT2D eigenvalue weighted by Gasteiger charge is 2.16. The van der Waals surface area contributed by atoms with Gasteiger partial charge in [-0.1, -0.05) is 48.5 Å². The van der Waals surface area contributed by atoms with Crippen LogP contribution in [0.4, 0.5) is 0 Å². The topological polar surface area (TPSA) is 54.5 Å². The van der Waals surface area contributed by atoms with Crippen molar-refractivity contribution >= 4 is 26.5 Å². The average Bonchev–Trinajstić information content (AvgIpc) is 2.61. The summed E-state index contributed by atoms with van der Waals surface area (Å²) in [7, 11) is -1.62. The van der Waals surface area contributed by atoms with Crippen LogP contribution in [0, 0.1) is 0 Å². The van der Waals surface area contributed by atoms with Crippen molar-refractivity contribution in [3.05, 3.63) is 77.9 Å². The molecule has 0 aliphatic heterocycles. The van der Waals surface area contributed by atoms with Crippen LogP contribution in [-0.2, 0) is 16.4 Å². The van der Waals surface area contributed by atoms with Gasteiger partial charge in [0.1, 0.15) is 0 Å². The summed E-state index contributed by atoms with van der Waals surface area (Å²) in [5, 5.41) is 2.23. The number of carbonyl (C=O) groups excluding carboxylic acids is 1. The van der Waals surface area contributed by atoms with Crippen molar-refractivity contribution in [2.45, 2.75) is 11.4 Å². The minimum absolute atomic E-state index is 0.150. The van der Waals surface area contributed by atoms with Crippen molar-refractivity contribution in [3.8, 4) is 0 Å². The second-order valence-corrected chi connectivity index (χ2v) is 8.12. The fourth-order valence-corrected chi connectivity index (χ4v) is 3.50. The summed E-state index contributed by atoms with van der Waals surface area (Å²) in [6.07, 6.45) is 1.14. The van der Waals surface area contributed by atoms with Crippen molar-refractivity contribution in [1.82, 2.24) is 4.90 Å². The molecule has 3 aromatic carbocycles. The molecule has 0 spiro atoms. The van der Waals surface area contributed by atoms with E-state index in [1.165, 1.54) is 12.1 Å². The summed E-state index contributed by atoms with van der Waals surface area (Å²) in [6.45, 7) is 0.448. The maximum Gasteiger partial charge on any atom is 0.253 e. The average molecular weight is 353 g/mol. The first-order chi connectivity index (χ1) is 11.9. The third kappa shape index (κ3) is 3.72. The number of rotatable bonds is 4. The van der Waals surface area contributed by atoms with Crippen molar-refractivity contribution < 1.29 is 13.2 Å². The molecule has 3 aromatic rings. The minimum atomic E-state index is -3.34. The first kappa shape index (κ1) is 17.2. The predicted molar refractivity (Wildman–Crippen MR) is 99.3 cm³/mol. The van der Waals surface area contributed by atoms with E-state index in [-0.39, 0.29) is 10.8 Å². The molecule has 3 rings (SSSR count). The highest BCUT2D eigenvalue weighted by Crippen LogP contribution is 2.20. The van der Waals surface area contributed by atoms with Gasteiger partial charge in [-0.15, -0.1) is 0 Å². The number of hydrogen-bond acceptors (Lipinski definition) is 3. The molecule has 0 saturated carbocycles. The van der Waals surface area contributed by atoms with Crippen LogP contribution in [-0.4, -0.2) is 32.5 Å². The largest absolute Gasteiger partial charge is 0.337 e. The lowest BCUT2D eigenvalue weighted by atomic mass is 10.0.